The molecule has 0 heterocycles. The van der Waals surface area contributed by atoms with Gasteiger partial charge in [-0.25, -0.2) is 0 Å². The molecule has 0 atom stereocenters. The van der Waals surface area contributed by atoms with Crippen molar-refractivity contribution in [2.24, 2.45) is 5.41 Å². The molecular formula is C9H17ClO4. The van der Waals surface area contributed by atoms with Crippen LogP contribution < -0.4 is 0 Å². The van der Waals surface area contributed by atoms with Crippen molar-refractivity contribution in [1.29, 1.82) is 0 Å². The second-order valence-corrected chi connectivity index (χ2v) is 3.07. The van der Waals surface area contributed by atoms with Crippen LogP contribution in [-0.2, 0) is 19.1 Å². The molecule has 0 aliphatic carbocycles. The van der Waals surface area contributed by atoms with Crippen LogP contribution in [0.25, 0.3) is 0 Å². The van der Waals surface area contributed by atoms with E-state index in [-0.39, 0.29) is 25.6 Å². The van der Waals surface area contributed by atoms with Crippen LogP contribution in [0.4, 0.5) is 0 Å². The Morgan fingerprint density at radius 1 is 1.00 bits per heavy atom. The van der Waals surface area contributed by atoms with Crippen molar-refractivity contribution in [2.75, 3.05) is 13.2 Å². The summed E-state index contributed by atoms with van der Waals surface area (Å²) in [6.07, 6.45) is 0. The van der Waals surface area contributed by atoms with E-state index in [0.29, 0.717) is 0 Å². The fourth-order valence-corrected chi connectivity index (χ4v) is 0.706. The maximum atomic E-state index is 11.3. The van der Waals surface area contributed by atoms with Gasteiger partial charge in [0.2, 0.25) is 0 Å². The fourth-order valence-electron chi connectivity index (χ4n) is 0.706. The molecule has 0 saturated carbocycles. The third-order valence-electron chi connectivity index (χ3n) is 1.57. The van der Waals surface area contributed by atoms with Gasteiger partial charge in [-0.05, 0) is 27.7 Å². The summed E-state index contributed by atoms with van der Waals surface area (Å²) in [4.78, 5) is 22.5. The second kappa shape index (κ2) is 6.65. The van der Waals surface area contributed by atoms with Crippen LogP contribution in [0.5, 0.6) is 0 Å². The summed E-state index contributed by atoms with van der Waals surface area (Å²) in [5.74, 6) is -1.10. The average molecular weight is 225 g/mol. The lowest BCUT2D eigenvalue weighted by Crippen LogP contribution is -2.36. The van der Waals surface area contributed by atoms with Crippen molar-refractivity contribution in [3.63, 3.8) is 0 Å². The van der Waals surface area contributed by atoms with Crippen molar-refractivity contribution in [1.82, 2.24) is 0 Å². The van der Waals surface area contributed by atoms with E-state index in [1.807, 2.05) is 0 Å². The normalized spacial score (nSPS) is 10.0. The Balaban J connectivity index is 0. The van der Waals surface area contributed by atoms with Crippen LogP contribution in [0, 0.1) is 5.41 Å². The molecule has 0 saturated heterocycles. The van der Waals surface area contributed by atoms with E-state index in [1.54, 1.807) is 13.8 Å². The Kier molecular flexibility index (Phi) is 7.45. The monoisotopic (exact) mass is 224 g/mol. The molecule has 0 aromatic rings. The van der Waals surface area contributed by atoms with Gasteiger partial charge in [0.1, 0.15) is 0 Å². The first kappa shape index (κ1) is 15.7. The molecule has 5 heteroatoms. The highest BCUT2D eigenvalue weighted by atomic mass is 35.5. The first-order valence-corrected chi connectivity index (χ1v) is 4.31. The van der Waals surface area contributed by atoms with E-state index >= 15 is 0 Å². The minimum absolute atomic E-state index is 0. The van der Waals surface area contributed by atoms with Gasteiger partial charge in [0.15, 0.2) is 5.41 Å². The number of halogens is 1. The molecule has 0 fully saturated rings. The Labute approximate surface area is 90.4 Å². The second-order valence-electron chi connectivity index (χ2n) is 3.07. The smallest absolute Gasteiger partial charge is 0.322 e. The van der Waals surface area contributed by atoms with Crippen molar-refractivity contribution in [3.8, 4) is 0 Å². The number of esters is 2. The first-order chi connectivity index (χ1) is 5.96. The largest absolute Gasteiger partial charge is 0.465 e. The van der Waals surface area contributed by atoms with E-state index in [1.165, 1.54) is 13.8 Å². The predicted octanol–water partition coefficient (Wildman–Crippen LogP) is 1.56. The molecule has 0 rings (SSSR count). The number of carbonyl (C=O) groups is 2. The van der Waals surface area contributed by atoms with E-state index < -0.39 is 17.4 Å². The molecule has 84 valence electrons. The van der Waals surface area contributed by atoms with Crippen LogP contribution in [0.15, 0.2) is 0 Å². The summed E-state index contributed by atoms with van der Waals surface area (Å²) >= 11 is 0. The lowest BCUT2D eigenvalue weighted by Gasteiger charge is -2.19. The zero-order chi connectivity index (χ0) is 10.5. The zero-order valence-corrected chi connectivity index (χ0v) is 9.77. The van der Waals surface area contributed by atoms with Gasteiger partial charge >= 0.3 is 11.9 Å². The highest BCUT2D eigenvalue weighted by Crippen LogP contribution is 2.19. The molecule has 0 aliphatic rings. The van der Waals surface area contributed by atoms with Gasteiger partial charge in [0.25, 0.3) is 0 Å². The van der Waals surface area contributed by atoms with Crippen LogP contribution in [0.3, 0.4) is 0 Å². The fraction of sp³-hybridized carbons (Fsp3) is 0.778. The van der Waals surface area contributed by atoms with Gasteiger partial charge in [-0.1, -0.05) is 0 Å². The average Bonchev–Trinajstić information content (AvgIpc) is 2.05. The Hall–Kier alpha value is -0.770. The molecule has 0 aromatic carbocycles. The first-order valence-electron chi connectivity index (χ1n) is 4.31. The molecule has 14 heavy (non-hydrogen) atoms. The number of hydrogen-bond acceptors (Lipinski definition) is 4. The van der Waals surface area contributed by atoms with E-state index in [0.717, 1.165) is 0 Å². The molecule has 0 aromatic heterocycles. The number of rotatable bonds is 4. The summed E-state index contributed by atoms with van der Waals surface area (Å²) in [5.41, 5.74) is -1.20. The van der Waals surface area contributed by atoms with Gasteiger partial charge in [0, 0.05) is 0 Å². The maximum Gasteiger partial charge on any atom is 0.322 e. The molecule has 0 unspecified atom stereocenters. The predicted molar refractivity (Wildman–Crippen MR) is 54.3 cm³/mol. The molecule has 0 spiro atoms. The quantitative estimate of drug-likeness (QED) is 0.537. The highest BCUT2D eigenvalue weighted by molar-refractivity contribution is 5.99. The molecule has 0 amide bonds. The minimum Gasteiger partial charge on any atom is -0.465 e. The topological polar surface area (TPSA) is 52.6 Å². The van der Waals surface area contributed by atoms with Crippen LogP contribution in [0.2, 0.25) is 0 Å². The van der Waals surface area contributed by atoms with Crippen LogP contribution >= 0.6 is 12.4 Å². The molecule has 0 radical (unpaired) electrons. The molecular weight excluding hydrogens is 208 g/mol. The van der Waals surface area contributed by atoms with Gasteiger partial charge in [-0.3, -0.25) is 9.59 Å². The molecule has 0 bridgehead atoms. The van der Waals surface area contributed by atoms with E-state index in [4.69, 9.17) is 9.47 Å². The summed E-state index contributed by atoms with van der Waals surface area (Å²) in [5, 5.41) is 0. The molecule has 0 N–H and O–H groups in total. The van der Waals surface area contributed by atoms with Gasteiger partial charge < -0.3 is 9.47 Å². The van der Waals surface area contributed by atoms with Crippen molar-refractivity contribution in [2.45, 2.75) is 27.7 Å². The molecule has 0 aliphatic heterocycles. The van der Waals surface area contributed by atoms with Crippen LogP contribution in [-0.4, -0.2) is 25.2 Å². The minimum atomic E-state index is -1.20. The van der Waals surface area contributed by atoms with E-state index in [2.05, 4.69) is 0 Å². The third-order valence-corrected chi connectivity index (χ3v) is 1.57. The maximum absolute atomic E-state index is 11.3. The number of hydrogen-bond donors (Lipinski definition) is 0. The highest BCUT2D eigenvalue weighted by Gasteiger charge is 2.38. The third kappa shape index (κ3) is 3.96. The molecule has 4 nitrogen and oxygen atoms in total. The Morgan fingerprint density at radius 2 is 1.29 bits per heavy atom. The number of carbonyl (C=O) groups excluding carboxylic acids is 2. The van der Waals surface area contributed by atoms with Gasteiger partial charge in [-0.2, -0.15) is 0 Å². The summed E-state index contributed by atoms with van der Waals surface area (Å²) < 4.78 is 9.47. The lowest BCUT2D eigenvalue weighted by atomic mass is 9.94. The zero-order valence-electron chi connectivity index (χ0n) is 8.96. The summed E-state index contributed by atoms with van der Waals surface area (Å²) in [6, 6.07) is 0. The lowest BCUT2D eigenvalue weighted by molar-refractivity contribution is -0.169. The van der Waals surface area contributed by atoms with Gasteiger partial charge in [-0.15, -0.1) is 12.4 Å². The Bertz CT molecular complexity index is 181. The van der Waals surface area contributed by atoms with Crippen molar-refractivity contribution < 1.29 is 19.1 Å². The van der Waals surface area contributed by atoms with E-state index in [9.17, 15) is 9.59 Å². The Morgan fingerprint density at radius 3 is 1.50 bits per heavy atom. The van der Waals surface area contributed by atoms with Crippen molar-refractivity contribution in [3.05, 3.63) is 0 Å². The number of ether oxygens (including phenoxy) is 2. The standard InChI is InChI=1S/C9H16O4.ClH/c1-5-12-7(10)9(3,4)8(11)13-6-2;/h5-6H2,1-4H3;1H. The van der Waals surface area contributed by atoms with Crippen LogP contribution in [0.1, 0.15) is 27.7 Å². The SMILES string of the molecule is CCOC(=O)C(C)(C)C(=O)OCC.Cl. The summed E-state index contributed by atoms with van der Waals surface area (Å²) in [7, 11) is 0. The summed E-state index contributed by atoms with van der Waals surface area (Å²) in [6.45, 7) is 6.90. The van der Waals surface area contributed by atoms with Crippen molar-refractivity contribution >= 4 is 24.3 Å². The van der Waals surface area contributed by atoms with Gasteiger partial charge in [0.05, 0.1) is 13.2 Å².